The van der Waals surface area contributed by atoms with Crippen LogP contribution in [0, 0.1) is 11.6 Å². The lowest BCUT2D eigenvalue weighted by molar-refractivity contribution is -0.143. The van der Waals surface area contributed by atoms with Gasteiger partial charge in [0.15, 0.2) is 10.6 Å². The Hall–Kier alpha value is -2.39. The number of thiazole rings is 1. The molecule has 0 unspecified atom stereocenters. The van der Waals surface area contributed by atoms with Crippen molar-refractivity contribution in [2.24, 2.45) is 4.99 Å². The zero-order valence-electron chi connectivity index (χ0n) is 14.0. The summed E-state index contributed by atoms with van der Waals surface area (Å²) in [5.41, 5.74) is 0.321. The van der Waals surface area contributed by atoms with E-state index in [1.807, 2.05) is 0 Å². The fourth-order valence-electron chi connectivity index (χ4n) is 2.44. The summed E-state index contributed by atoms with van der Waals surface area (Å²) in [5, 5.41) is 0. The number of hydrogen-bond donors (Lipinski definition) is 0. The predicted molar refractivity (Wildman–Crippen MR) is 100 cm³/mol. The quantitative estimate of drug-likeness (QED) is 0.558. The van der Waals surface area contributed by atoms with Gasteiger partial charge in [0.25, 0.3) is 5.91 Å². The summed E-state index contributed by atoms with van der Waals surface area (Å²) in [7, 11) is 0. The lowest BCUT2D eigenvalue weighted by atomic mass is 10.2. The van der Waals surface area contributed by atoms with Gasteiger partial charge in [0.2, 0.25) is 0 Å². The molecule has 0 saturated carbocycles. The lowest BCUT2D eigenvalue weighted by Gasteiger charge is -2.05. The van der Waals surface area contributed by atoms with Gasteiger partial charge >= 0.3 is 5.97 Å². The number of ether oxygens (including phenoxy) is 1. The van der Waals surface area contributed by atoms with Crippen LogP contribution in [0.15, 0.2) is 45.9 Å². The molecule has 0 aliphatic heterocycles. The highest BCUT2D eigenvalue weighted by atomic mass is 79.9. The van der Waals surface area contributed by atoms with Crippen molar-refractivity contribution in [1.82, 2.24) is 4.57 Å². The number of hydrogen-bond acceptors (Lipinski definition) is 4. The van der Waals surface area contributed by atoms with Gasteiger partial charge in [-0.05, 0) is 37.3 Å². The van der Waals surface area contributed by atoms with E-state index in [1.54, 1.807) is 31.2 Å². The van der Waals surface area contributed by atoms with Crippen molar-refractivity contribution in [3.05, 3.63) is 62.9 Å². The molecule has 5 nitrogen and oxygen atoms in total. The van der Waals surface area contributed by atoms with E-state index in [0.717, 1.165) is 27.9 Å². The first kappa shape index (κ1) is 19.4. The highest BCUT2D eigenvalue weighted by Gasteiger charge is 2.17. The summed E-state index contributed by atoms with van der Waals surface area (Å²) in [6.07, 6.45) is 0. The lowest BCUT2D eigenvalue weighted by Crippen LogP contribution is -2.23. The molecule has 0 atom stereocenters. The zero-order chi connectivity index (χ0) is 19.6. The van der Waals surface area contributed by atoms with Crippen LogP contribution in [0.5, 0.6) is 0 Å². The second kappa shape index (κ2) is 8.10. The van der Waals surface area contributed by atoms with Crippen LogP contribution in [0.4, 0.5) is 8.78 Å². The predicted octanol–water partition coefficient (Wildman–Crippen LogP) is 4.05. The van der Waals surface area contributed by atoms with Gasteiger partial charge in [0.1, 0.15) is 12.4 Å². The molecule has 9 heteroatoms. The summed E-state index contributed by atoms with van der Waals surface area (Å²) in [6, 6.07) is 8.40. The van der Waals surface area contributed by atoms with Crippen LogP contribution in [-0.4, -0.2) is 23.1 Å². The Morgan fingerprint density at radius 2 is 1.93 bits per heavy atom. The largest absolute Gasteiger partial charge is 0.465 e. The fourth-order valence-corrected chi connectivity index (χ4v) is 3.77. The second-order valence-corrected chi connectivity index (χ2v) is 7.36. The Balaban J connectivity index is 2.15. The van der Waals surface area contributed by atoms with E-state index < -0.39 is 23.5 Å². The third-order valence-electron chi connectivity index (χ3n) is 3.58. The van der Waals surface area contributed by atoms with Crippen molar-refractivity contribution < 1.29 is 23.1 Å². The molecule has 27 heavy (non-hydrogen) atoms. The molecule has 0 aliphatic rings. The molecule has 1 aromatic heterocycles. The first-order valence-electron chi connectivity index (χ1n) is 7.87. The maximum absolute atomic E-state index is 14.3. The fraction of sp³-hybridized carbons (Fsp3) is 0.167. The van der Waals surface area contributed by atoms with Crippen molar-refractivity contribution >= 4 is 49.4 Å². The average Bonchev–Trinajstić information content (AvgIpc) is 2.92. The number of fused-ring (bicyclic) bond motifs is 1. The number of benzene rings is 2. The molecule has 0 bridgehead atoms. The molecular formula is C18H13BrF2N2O3S. The van der Waals surface area contributed by atoms with Crippen molar-refractivity contribution in [2.45, 2.75) is 13.5 Å². The van der Waals surface area contributed by atoms with Crippen LogP contribution in [0.1, 0.15) is 17.3 Å². The monoisotopic (exact) mass is 454 g/mol. The normalized spacial score (nSPS) is 11.8. The van der Waals surface area contributed by atoms with Gasteiger partial charge in [-0.15, -0.1) is 0 Å². The number of carbonyl (C=O) groups excluding carboxylic acids is 2. The van der Waals surface area contributed by atoms with Gasteiger partial charge in [-0.3, -0.25) is 9.59 Å². The molecule has 2 aromatic carbocycles. The van der Waals surface area contributed by atoms with E-state index in [4.69, 9.17) is 4.74 Å². The zero-order valence-corrected chi connectivity index (χ0v) is 16.4. The Morgan fingerprint density at radius 3 is 2.59 bits per heavy atom. The standard InChI is InChI=1S/C18H13BrF2N2O3S/c1-2-26-15(24)9-23-16-13(21)7-12(20)8-14(16)27-18(23)22-17(25)10-3-5-11(19)6-4-10/h3-8H,2,9H2,1H3. The van der Waals surface area contributed by atoms with Crippen molar-refractivity contribution in [3.63, 3.8) is 0 Å². The molecule has 140 valence electrons. The third kappa shape index (κ3) is 4.30. The first-order chi connectivity index (χ1) is 12.9. The highest BCUT2D eigenvalue weighted by molar-refractivity contribution is 9.10. The molecular weight excluding hydrogens is 442 g/mol. The number of esters is 1. The molecule has 0 spiro atoms. The van der Waals surface area contributed by atoms with Crippen molar-refractivity contribution in [3.8, 4) is 0 Å². The minimum Gasteiger partial charge on any atom is -0.465 e. The van der Waals surface area contributed by atoms with E-state index in [-0.39, 0.29) is 28.2 Å². The van der Waals surface area contributed by atoms with Gasteiger partial charge in [0.05, 0.1) is 16.8 Å². The molecule has 0 fully saturated rings. The molecule has 0 aliphatic carbocycles. The van der Waals surface area contributed by atoms with Crippen LogP contribution in [0.25, 0.3) is 10.2 Å². The topological polar surface area (TPSA) is 60.7 Å². The number of aromatic nitrogens is 1. The highest BCUT2D eigenvalue weighted by Crippen LogP contribution is 2.22. The van der Waals surface area contributed by atoms with Crippen LogP contribution in [0.2, 0.25) is 0 Å². The summed E-state index contributed by atoms with van der Waals surface area (Å²) in [4.78, 5) is 28.4. The molecule has 1 heterocycles. The smallest absolute Gasteiger partial charge is 0.326 e. The van der Waals surface area contributed by atoms with Gasteiger partial charge in [-0.1, -0.05) is 27.3 Å². The van der Waals surface area contributed by atoms with Gasteiger partial charge in [-0.2, -0.15) is 4.99 Å². The Morgan fingerprint density at radius 1 is 1.22 bits per heavy atom. The van der Waals surface area contributed by atoms with Gasteiger partial charge in [-0.25, -0.2) is 8.78 Å². The Labute approximate surface area is 165 Å². The van der Waals surface area contributed by atoms with Gasteiger partial charge < -0.3 is 9.30 Å². The number of carbonyl (C=O) groups is 2. The summed E-state index contributed by atoms with van der Waals surface area (Å²) < 4.78 is 35.0. The number of amides is 1. The molecule has 0 saturated heterocycles. The first-order valence-corrected chi connectivity index (χ1v) is 9.48. The van der Waals surface area contributed by atoms with E-state index >= 15 is 0 Å². The molecule has 1 amide bonds. The molecule has 3 rings (SSSR count). The van der Waals surface area contributed by atoms with Crippen molar-refractivity contribution in [2.75, 3.05) is 6.61 Å². The minimum absolute atomic E-state index is 0.00295. The van der Waals surface area contributed by atoms with Crippen LogP contribution in [0.3, 0.4) is 0 Å². The van der Waals surface area contributed by atoms with E-state index in [2.05, 4.69) is 20.9 Å². The van der Waals surface area contributed by atoms with E-state index in [0.29, 0.717) is 5.56 Å². The second-order valence-electron chi connectivity index (χ2n) is 5.43. The molecule has 3 aromatic rings. The average molecular weight is 455 g/mol. The van der Waals surface area contributed by atoms with Crippen LogP contribution in [-0.2, 0) is 16.1 Å². The molecule has 0 radical (unpaired) electrons. The van der Waals surface area contributed by atoms with Crippen LogP contribution < -0.4 is 4.80 Å². The minimum atomic E-state index is -0.844. The summed E-state index contributed by atoms with van der Waals surface area (Å²) >= 11 is 4.20. The maximum Gasteiger partial charge on any atom is 0.326 e. The third-order valence-corrected chi connectivity index (χ3v) is 5.13. The van der Waals surface area contributed by atoms with Gasteiger partial charge in [0, 0.05) is 16.1 Å². The van der Waals surface area contributed by atoms with Crippen molar-refractivity contribution in [1.29, 1.82) is 0 Å². The van der Waals surface area contributed by atoms with Crippen LogP contribution >= 0.6 is 27.3 Å². The Bertz CT molecular complexity index is 1090. The van der Waals surface area contributed by atoms with E-state index in [1.165, 1.54) is 4.57 Å². The summed E-state index contributed by atoms with van der Waals surface area (Å²) in [6.45, 7) is 1.46. The van der Waals surface area contributed by atoms with E-state index in [9.17, 15) is 18.4 Å². The summed E-state index contributed by atoms with van der Waals surface area (Å²) in [5.74, 6) is -2.77. The number of nitrogens with zero attached hydrogens (tertiary/aromatic N) is 2. The SMILES string of the molecule is CCOC(=O)Cn1c(=NC(=O)c2ccc(Br)cc2)sc2cc(F)cc(F)c21. The Kier molecular flexibility index (Phi) is 5.81. The number of rotatable bonds is 4. The number of halogens is 3. The molecule has 0 N–H and O–H groups in total. The maximum atomic E-state index is 14.3.